The second-order valence-electron chi connectivity index (χ2n) is 3.59. The van der Waals surface area contributed by atoms with Gasteiger partial charge in [0.15, 0.2) is 0 Å². The number of carboxylic acid groups (broad SMARTS) is 1. The number of nitrogens with zero attached hydrogens (tertiary/aromatic N) is 1. The van der Waals surface area contributed by atoms with E-state index >= 15 is 0 Å². The fourth-order valence-corrected chi connectivity index (χ4v) is 4.74. The van der Waals surface area contributed by atoms with Gasteiger partial charge in [-0.3, -0.25) is 4.79 Å². The minimum atomic E-state index is -3.59. The fraction of sp³-hybridized carbons (Fsp3) is 0.444. The zero-order valence-corrected chi connectivity index (χ0v) is 10.1. The van der Waals surface area contributed by atoms with Crippen molar-refractivity contribution < 1.29 is 18.3 Å². The lowest BCUT2D eigenvalue weighted by atomic mass is 10.2. The maximum atomic E-state index is 12.1. The van der Waals surface area contributed by atoms with E-state index in [9.17, 15) is 13.2 Å². The molecule has 0 aromatic carbocycles. The molecule has 1 aromatic rings. The van der Waals surface area contributed by atoms with Crippen LogP contribution in [0.3, 0.4) is 0 Å². The Balaban J connectivity index is 2.34. The quantitative estimate of drug-likeness (QED) is 0.814. The smallest absolute Gasteiger partial charge is 0.322 e. The highest BCUT2D eigenvalue weighted by molar-refractivity contribution is 7.91. The Bertz CT molecular complexity index is 480. The van der Waals surface area contributed by atoms with E-state index in [4.69, 9.17) is 5.11 Å². The summed E-state index contributed by atoms with van der Waals surface area (Å²) in [5.41, 5.74) is 0. The van der Waals surface area contributed by atoms with Crippen molar-refractivity contribution in [2.75, 3.05) is 6.54 Å². The Morgan fingerprint density at radius 3 is 2.88 bits per heavy atom. The van der Waals surface area contributed by atoms with E-state index in [1.165, 1.54) is 6.07 Å². The molecule has 16 heavy (non-hydrogen) atoms. The molecule has 0 unspecified atom stereocenters. The summed E-state index contributed by atoms with van der Waals surface area (Å²) in [4.78, 5) is 10.9. The number of hydrogen-bond acceptors (Lipinski definition) is 3. The van der Waals surface area contributed by atoms with Gasteiger partial charge in [0.25, 0.3) is 14.2 Å². The molecule has 1 aliphatic rings. The molecule has 1 aliphatic heterocycles. The van der Waals surface area contributed by atoms with E-state index in [2.05, 4.69) is 0 Å². The van der Waals surface area contributed by atoms with Crippen LogP contribution in [0.5, 0.6) is 0 Å². The van der Waals surface area contributed by atoms with E-state index in [0.29, 0.717) is 30.7 Å². The summed E-state index contributed by atoms with van der Waals surface area (Å²) in [6.45, 7) is 0.298. The lowest BCUT2D eigenvalue weighted by Gasteiger charge is -2.17. The van der Waals surface area contributed by atoms with Crippen LogP contribution in [0.1, 0.15) is 12.8 Å². The monoisotopic (exact) mass is 262 g/mol. The molecule has 0 radical (unpaired) electrons. The van der Waals surface area contributed by atoms with Crippen molar-refractivity contribution in [3.8, 4) is 0 Å². The molecule has 7 heteroatoms. The van der Waals surface area contributed by atoms with Crippen molar-refractivity contribution in [3.05, 3.63) is 17.5 Å². The van der Waals surface area contributed by atoms with Crippen molar-refractivity contribution in [3.63, 3.8) is 0 Å². The van der Waals surface area contributed by atoms with Gasteiger partial charge in [-0.05, 0) is 30.2 Å². The Kier molecular flexibility index (Phi) is 3.00. The van der Waals surface area contributed by atoms with Gasteiger partial charge in [0.1, 0.15) is 11.4 Å². The number of thiophene rings is 1. The Morgan fingerprint density at radius 2 is 2.31 bits per heavy atom. The second kappa shape index (κ2) is 4.15. The van der Waals surface area contributed by atoms with Crippen LogP contribution in [0.25, 0.3) is 0 Å². The van der Waals surface area contributed by atoms with Gasteiger partial charge < -0.3 is 5.11 Å². The normalized spacial score (nSPS) is 22.4. The second-order valence-corrected chi connectivity index (χ2v) is 6.79. The summed E-state index contributed by atoms with van der Waals surface area (Å²) < 4.78 is 25.6. The van der Waals surface area contributed by atoms with E-state index in [1.807, 2.05) is 0 Å². The number of hydrogen-bond donors (Lipinski definition) is 1. The third kappa shape index (κ3) is 1.85. The minimum absolute atomic E-state index is 0.264. The van der Waals surface area contributed by atoms with Crippen LogP contribution in [-0.2, 0) is 14.8 Å². The average Bonchev–Trinajstić information content (AvgIpc) is 2.89. The predicted molar refractivity (Wildman–Crippen MR) is 60.3 cm³/mol. The molecule has 1 atom stereocenters. The van der Waals surface area contributed by atoms with Crippen LogP contribution in [0.2, 0.25) is 0 Å². The van der Waals surface area contributed by atoms with Gasteiger partial charge in [-0.1, -0.05) is 0 Å². The van der Waals surface area contributed by atoms with E-state index in [1.54, 1.807) is 11.4 Å². The van der Waals surface area contributed by atoms with Crippen LogP contribution in [0.4, 0.5) is 0 Å². The highest BCUT2D eigenvalue weighted by Crippen LogP contribution is 2.28. The lowest BCUT2D eigenvalue weighted by Crippen LogP contribution is -2.40. The highest BCUT2D eigenvalue weighted by atomic mass is 32.2. The largest absolute Gasteiger partial charge is 0.480 e. The van der Waals surface area contributed by atoms with Gasteiger partial charge in [0, 0.05) is 12.6 Å². The van der Waals surface area contributed by atoms with Crippen LogP contribution in [0, 0.1) is 0 Å². The van der Waals surface area contributed by atoms with Gasteiger partial charge in [-0.2, -0.15) is 4.31 Å². The van der Waals surface area contributed by atoms with Crippen molar-refractivity contribution >= 4 is 27.3 Å². The van der Waals surface area contributed by atoms with E-state index in [0.717, 1.165) is 4.31 Å². The Labute approximate surface area is 97.4 Å². The van der Waals surface area contributed by atoms with Crippen molar-refractivity contribution in [1.29, 1.82) is 0 Å². The van der Waals surface area contributed by atoms with Gasteiger partial charge in [-0.15, -0.1) is 0 Å². The molecule has 88 valence electrons. The van der Waals surface area contributed by atoms with Crippen molar-refractivity contribution in [2.24, 2.45) is 0 Å². The molecule has 1 fully saturated rings. The summed E-state index contributed by atoms with van der Waals surface area (Å²) in [7, 11) is -3.59. The summed E-state index contributed by atoms with van der Waals surface area (Å²) in [6, 6.07) is 2.29. The molecule has 1 N–H and O–H groups in total. The Hall–Kier alpha value is -0.920. The molecule has 0 amide bonds. The molecule has 1 saturated heterocycles. The number of carboxylic acids is 1. The summed E-state index contributed by atoms with van der Waals surface area (Å²) in [6.07, 6.45) is 1.000. The maximum absolute atomic E-state index is 12.1. The molecular weight excluding hydrogens is 250 g/mol. The first kappa shape index (κ1) is 11.6. The summed E-state index contributed by atoms with van der Waals surface area (Å²) in [5, 5.41) is 10.7. The van der Waals surface area contributed by atoms with Crippen molar-refractivity contribution in [2.45, 2.75) is 23.1 Å². The lowest BCUT2D eigenvalue weighted by molar-refractivity contribution is -0.140. The first-order chi connectivity index (χ1) is 7.53. The molecule has 0 aliphatic carbocycles. The molecular formula is C9H12NO4S2+. The summed E-state index contributed by atoms with van der Waals surface area (Å²) >= 11 is 0.613. The van der Waals surface area contributed by atoms with Gasteiger partial charge in [0.2, 0.25) is 0 Å². The molecule has 1 aromatic heterocycles. The Morgan fingerprint density at radius 1 is 1.56 bits per heavy atom. The topological polar surface area (TPSA) is 74.7 Å². The predicted octanol–water partition coefficient (Wildman–Crippen LogP) is 0.718. The SMILES string of the molecule is O=C(O)[C@@H]1CCCN1S(=O)(=O)c1ccc[sH+]1. The number of rotatable bonds is 3. The third-order valence-electron chi connectivity index (χ3n) is 2.59. The standard InChI is InChI=1S/C9H11NO4S2/c11-9(12)7-3-1-5-10(7)16(13,14)8-4-2-6-15-8/h2,4,6-7H,1,3,5H2,(H,11,12)/p+1/t7-/m0/s1. The molecule has 2 rings (SSSR count). The third-order valence-corrected chi connectivity index (χ3v) is 6.04. The molecule has 5 nitrogen and oxygen atoms in total. The maximum Gasteiger partial charge on any atom is 0.322 e. The van der Waals surface area contributed by atoms with Gasteiger partial charge in [-0.25, -0.2) is 8.42 Å². The average molecular weight is 262 g/mol. The number of sulfonamides is 1. The molecule has 0 saturated carbocycles. The zero-order valence-electron chi connectivity index (χ0n) is 8.41. The fourth-order valence-electron chi connectivity index (χ4n) is 1.83. The molecule has 2 heterocycles. The van der Waals surface area contributed by atoms with Crippen molar-refractivity contribution in [1.82, 2.24) is 4.31 Å². The highest BCUT2D eigenvalue weighted by Gasteiger charge is 2.41. The van der Waals surface area contributed by atoms with E-state index in [-0.39, 0.29) is 4.21 Å². The first-order valence-electron chi connectivity index (χ1n) is 4.86. The molecule has 0 spiro atoms. The van der Waals surface area contributed by atoms with Crippen LogP contribution in [-0.4, -0.2) is 36.4 Å². The van der Waals surface area contributed by atoms with Gasteiger partial charge in [0.05, 0.1) is 0 Å². The van der Waals surface area contributed by atoms with Crippen LogP contribution >= 0.6 is 11.3 Å². The molecule has 0 bridgehead atoms. The minimum Gasteiger partial charge on any atom is -0.480 e. The summed E-state index contributed by atoms with van der Waals surface area (Å²) in [5.74, 6) is -1.07. The van der Waals surface area contributed by atoms with Crippen LogP contribution in [0.15, 0.2) is 21.7 Å². The van der Waals surface area contributed by atoms with E-state index < -0.39 is 22.0 Å². The number of carbonyl (C=O) groups is 1. The zero-order chi connectivity index (χ0) is 11.8. The number of aliphatic carboxylic acids is 1. The van der Waals surface area contributed by atoms with Crippen LogP contribution < -0.4 is 0 Å². The van der Waals surface area contributed by atoms with Gasteiger partial charge >= 0.3 is 5.97 Å². The first-order valence-corrected chi connectivity index (χ1v) is 7.26.